The van der Waals surface area contributed by atoms with Crippen LogP contribution in [0.4, 0.5) is 5.82 Å². The Hall–Kier alpha value is -0.990. The minimum atomic E-state index is 0.569. The molecule has 1 aliphatic carbocycles. The van der Waals surface area contributed by atoms with Crippen LogP contribution in [-0.2, 0) is 0 Å². The van der Waals surface area contributed by atoms with Crippen LogP contribution in [0.25, 0.3) is 0 Å². The van der Waals surface area contributed by atoms with Gasteiger partial charge in [0.15, 0.2) is 0 Å². The van der Waals surface area contributed by atoms with Gasteiger partial charge in [-0.15, -0.1) is 0 Å². The normalized spacial score (nSPS) is 29.9. The average molecular weight is 151 g/mol. The Bertz CT molecular complexity index is 248. The molecule has 2 rings (SSSR count). The zero-order chi connectivity index (χ0) is 7.84. The molecule has 1 saturated carbocycles. The fourth-order valence-electron chi connectivity index (χ4n) is 1.69. The van der Waals surface area contributed by atoms with Gasteiger partial charge >= 0.3 is 0 Å². The second-order valence-corrected chi connectivity index (χ2v) is 3.43. The van der Waals surface area contributed by atoms with Crippen LogP contribution in [0.1, 0.15) is 25.8 Å². The third-order valence-electron chi connectivity index (χ3n) is 2.40. The molecular formula is C8H13N3. The summed E-state index contributed by atoms with van der Waals surface area (Å²) in [5, 5.41) is 4.16. The quantitative estimate of drug-likeness (QED) is 0.660. The van der Waals surface area contributed by atoms with Gasteiger partial charge in [0.05, 0.1) is 12.2 Å². The highest BCUT2D eigenvalue weighted by atomic mass is 15.3. The van der Waals surface area contributed by atoms with Crippen LogP contribution in [0.2, 0.25) is 0 Å². The van der Waals surface area contributed by atoms with E-state index in [1.54, 1.807) is 6.20 Å². The van der Waals surface area contributed by atoms with Crippen molar-refractivity contribution in [2.24, 2.45) is 5.92 Å². The van der Waals surface area contributed by atoms with Gasteiger partial charge in [-0.25, -0.2) is 4.68 Å². The number of aromatic nitrogens is 2. The molecule has 60 valence electrons. The maximum absolute atomic E-state index is 5.70. The van der Waals surface area contributed by atoms with Gasteiger partial charge < -0.3 is 5.73 Å². The lowest BCUT2D eigenvalue weighted by Crippen LogP contribution is -2.26. The summed E-state index contributed by atoms with van der Waals surface area (Å²) in [5.74, 6) is 1.64. The summed E-state index contributed by atoms with van der Waals surface area (Å²) < 4.78 is 1.93. The van der Waals surface area contributed by atoms with Gasteiger partial charge in [-0.2, -0.15) is 5.10 Å². The summed E-state index contributed by atoms with van der Waals surface area (Å²) in [6.45, 7) is 2.26. The number of hydrogen-bond acceptors (Lipinski definition) is 2. The van der Waals surface area contributed by atoms with Crippen LogP contribution in [-0.4, -0.2) is 9.78 Å². The number of nitrogen functional groups attached to an aromatic ring is 1. The highest BCUT2D eigenvalue weighted by Gasteiger charge is 2.28. The van der Waals surface area contributed by atoms with Crippen molar-refractivity contribution in [1.29, 1.82) is 0 Å². The first-order valence-electron chi connectivity index (χ1n) is 4.06. The van der Waals surface area contributed by atoms with Gasteiger partial charge in [-0.3, -0.25) is 0 Å². The fraction of sp³-hybridized carbons (Fsp3) is 0.625. The molecule has 11 heavy (non-hydrogen) atoms. The zero-order valence-corrected chi connectivity index (χ0v) is 6.70. The third-order valence-corrected chi connectivity index (χ3v) is 2.40. The Balaban J connectivity index is 2.12. The van der Waals surface area contributed by atoms with Crippen molar-refractivity contribution in [2.45, 2.75) is 25.8 Å². The van der Waals surface area contributed by atoms with Crippen molar-refractivity contribution >= 4 is 5.82 Å². The van der Waals surface area contributed by atoms with Crippen molar-refractivity contribution in [3.05, 3.63) is 12.3 Å². The molecular weight excluding hydrogens is 138 g/mol. The standard InChI is InChI=1S/C8H13N3/c1-6-4-7(5-6)11-8(9)2-3-10-11/h2-3,6-7H,4-5,9H2,1H3. The number of rotatable bonds is 1. The van der Waals surface area contributed by atoms with Gasteiger partial charge in [0.1, 0.15) is 5.82 Å². The second-order valence-electron chi connectivity index (χ2n) is 3.43. The molecule has 1 fully saturated rings. The molecule has 0 spiro atoms. The van der Waals surface area contributed by atoms with Crippen molar-refractivity contribution in [3.8, 4) is 0 Å². The number of anilines is 1. The molecule has 1 aromatic heterocycles. The van der Waals surface area contributed by atoms with Crippen LogP contribution in [0.5, 0.6) is 0 Å². The predicted molar refractivity (Wildman–Crippen MR) is 44.1 cm³/mol. The Morgan fingerprint density at radius 1 is 1.64 bits per heavy atom. The first-order chi connectivity index (χ1) is 5.27. The lowest BCUT2D eigenvalue weighted by Gasteiger charge is -2.33. The van der Waals surface area contributed by atoms with E-state index in [-0.39, 0.29) is 0 Å². The molecule has 0 saturated heterocycles. The third kappa shape index (κ3) is 1.00. The second kappa shape index (κ2) is 2.26. The minimum Gasteiger partial charge on any atom is -0.384 e. The van der Waals surface area contributed by atoms with Crippen LogP contribution in [0.15, 0.2) is 12.3 Å². The highest BCUT2D eigenvalue weighted by molar-refractivity contribution is 5.27. The largest absolute Gasteiger partial charge is 0.384 e. The van der Waals surface area contributed by atoms with Crippen LogP contribution >= 0.6 is 0 Å². The summed E-state index contributed by atoms with van der Waals surface area (Å²) in [6, 6.07) is 2.42. The molecule has 3 nitrogen and oxygen atoms in total. The smallest absolute Gasteiger partial charge is 0.121 e. The fourth-order valence-corrected chi connectivity index (χ4v) is 1.69. The number of nitrogens with two attached hydrogens (primary N) is 1. The molecule has 0 aromatic carbocycles. The van der Waals surface area contributed by atoms with E-state index in [9.17, 15) is 0 Å². The molecule has 1 aromatic rings. The Labute approximate surface area is 66.2 Å². The monoisotopic (exact) mass is 151 g/mol. The van der Waals surface area contributed by atoms with Crippen molar-refractivity contribution in [3.63, 3.8) is 0 Å². The summed E-state index contributed by atoms with van der Waals surface area (Å²) >= 11 is 0. The van der Waals surface area contributed by atoms with Crippen LogP contribution in [0.3, 0.4) is 0 Å². The molecule has 2 N–H and O–H groups in total. The average Bonchev–Trinajstić information content (AvgIpc) is 2.29. The van der Waals surface area contributed by atoms with E-state index in [1.807, 2.05) is 10.7 Å². The minimum absolute atomic E-state index is 0.569. The summed E-state index contributed by atoms with van der Waals surface area (Å²) in [4.78, 5) is 0. The van der Waals surface area contributed by atoms with Crippen molar-refractivity contribution < 1.29 is 0 Å². The zero-order valence-electron chi connectivity index (χ0n) is 6.70. The SMILES string of the molecule is CC1CC(n2nccc2N)C1. The first kappa shape index (κ1) is 6.70. The van der Waals surface area contributed by atoms with Gasteiger partial charge in [0.2, 0.25) is 0 Å². The number of hydrogen-bond donors (Lipinski definition) is 1. The predicted octanol–water partition coefficient (Wildman–Crippen LogP) is 1.44. The molecule has 0 aliphatic heterocycles. The maximum atomic E-state index is 5.70. The van der Waals surface area contributed by atoms with Crippen LogP contribution in [0, 0.1) is 5.92 Å². The van der Waals surface area contributed by atoms with Gasteiger partial charge in [-0.05, 0) is 24.8 Å². The molecule has 0 unspecified atom stereocenters. The van der Waals surface area contributed by atoms with Crippen LogP contribution < -0.4 is 5.73 Å². The Morgan fingerprint density at radius 2 is 2.36 bits per heavy atom. The van der Waals surface area contributed by atoms with E-state index >= 15 is 0 Å². The molecule has 1 aliphatic rings. The van der Waals surface area contributed by atoms with E-state index in [1.165, 1.54) is 12.8 Å². The topological polar surface area (TPSA) is 43.8 Å². The lowest BCUT2D eigenvalue weighted by molar-refractivity contribution is 0.203. The summed E-state index contributed by atoms with van der Waals surface area (Å²) in [7, 11) is 0. The van der Waals surface area contributed by atoms with Gasteiger partial charge in [0, 0.05) is 0 Å². The maximum Gasteiger partial charge on any atom is 0.121 e. The summed E-state index contributed by atoms with van der Waals surface area (Å²) in [6.07, 6.45) is 4.22. The molecule has 0 atom stereocenters. The summed E-state index contributed by atoms with van der Waals surface area (Å²) in [5.41, 5.74) is 5.70. The molecule has 0 bridgehead atoms. The van der Waals surface area contributed by atoms with E-state index in [0.717, 1.165) is 11.7 Å². The molecule has 3 heteroatoms. The molecule has 0 amide bonds. The van der Waals surface area contributed by atoms with Crippen molar-refractivity contribution in [1.82, 2.24) is 9.78 Å². The van der Waals surface area contributed by atoms with E-state index in [2.05, 4.69) is 12.0 Å². The highest BCUT2D eigenvalue weighted by Crippen LogP contribution is 2.37. The van der Waals surface area contributed by atoms with Crippen molar-refractivity contribution in [2.75, 3.05) is 5.73 Å². The molecule has 0 radical (unpaired) electrons. The Kier molecular flexibility index (Phi) is 1.37. The van der Waals surface area contributed by atoms with E-state index < -0.39 is 0 Å². The molecule has 1 heterocycles. The first-order valence-corrected chi connectivity index (χ1v) is 4.06. The number of nitrogens with zero attached hydrogens (tertiary/aromatic N) is 2. The van der Waals surface area contributed by atoms with Gasteiger partial charge in [-0.1, -0.05) is 6.92 Å². The Morgan fingerprint density at radius 3 is 2.82 bits per heavy atom. The van der Waals surface area contributed by atoms with Gasteiger partial charge in [0.25, 0.3) is 0 Å². The lowest BCUT2D eigenvalue weighted by atomic mass is 9.82. The van der Waals surface area contributed by atoms with E-state index in [0.29, 0.717) is 6.04 Å². The van der Waals surface area contributed by atoms with E-state index in [4.69, 9.17) is 5.73 Å².